The van der Waals surface area contributed by atoms with Gasteiger partial charge in [-0.1, -0.05) is 18.2 Å². The number of morpholine rings is 1. The van der Waals surface area contributed by atoms with Crippen molar-refractivity contribution in [1.82, 2.24) is 4.90 Å². The molecule has 2 rings (SSSR count). The van der Waals surface area contributed by atoms with E-state index in [9.17, 15) is 18.0 Å². The van der Waals surface area contributed by atoms with Crippen molar-refractivity contribution in [3.63, 3.8) is 0 Å². The van der Waals surface area contributed by atoms with Crippen molar-refractivity contribution in [2.24, 2.45) is 0 Å². The number of benzene rings is 1. The number of hydrogen-bond donors (Lipinski definition) is 0. The molecule has 1 fully saturated rings. The summed E-state index contributed by atoms with van der Waals surface area (Å²) in [4.78, 5) is 13.2. The Morgan fingerprint density at radius 1 is 1.45 bits per heavy atom. The molecule has 0 N–H and O–H groups in total. The van der Waals surface area contributed by atoms with Gasteiger partial charge in [0.2, 0.25) is 0 Å². The number of carbonyl (C=O) groups is 1. The van der Waals surface area contributed by atoms with Crippen molar-refractivity contribution >= 4 is 5.97 Å². The molecule has 4 nitrogen and oxygen atoms in total. The Hall–Kier alpha value is -1.60. The largest absolute Gasteiger partial charge is 0.469 e. The maximum atomic E-state index is 12.7. The van der Waals surface area contributed by atoms with E-state index < -0.39 is 11.7 Å². The topological polar surface area (TPSA) is 38.8 Å². The molecule has 7 heteroatoms. The summed E-state index contributed by atoms with van der Waals surface area (Å²) in [6.45, 7) is 1.95. The molecular weight excluding hydrogens is 299 g/mol. The molecule has 0 saturated carbocycles. The van der Waals surface area contributed by atoms with Crippen LogP contribution in [0, 0.1) is 0 Å². The van der Waals surface area contributed by atoms with E-state index in [1.165, 1.54) is 13.2 Å². The number of methoxy groups -OCH3 is 1. The van der Waals surface area contributed by atoms with E-state index >= 15 is 0 Å². The molecule has 0 aliphatic carbocycles. The molecule has 0 spiro atoms. The van der Waals surface area contributed by atoms with Gasteiger partial charge in [0.05, 0.1) is 31.8 Å². The van der Waals surface area contributed by atoms with Crippen LogP contribution in [0.15, 0.2) is 24.3 Å². The second kappa shape index (κ2) is 7.11. The predicted octanol–water partition coefficient (Wildman–Crippen LogP) is 2.47. The van der Waals surface area contributed by atoms with Crippen LogP contribution in [0.4, 0.5) is 13.2 Å². The first-order valence-electron chi connectivity index (χ1n) is 6.95. The molecule has 0 amide bonds. The monoisotopic (exact) mass is 317 g/mol. The molecule has 122 valence electrons. The quantitative estimate of drug-likeness (QED) is 0.800. The van der Waals surface area contributed by atoms with Gasteiger partial charge in [0, 0.05) is 19.6 Å². The molecule has 0 aromatic heterocycles. The van der Waals surface area contributed by atoms with E-state index in [-0.39, 0.29) is 18.5 Å². The van der Waals surface area contributed by atoms with Crippen LogP contribution in [-0.4, -0.2) is 43.8 Å². The van der Waals surface area contributed by atoms with Gasteiger partial charge in [-0.15, -0.1) is 0 Å². The number of esters is 1. The highest BCUT2D eigenvalue weighted by atomic mass is 19.4. The van der Waals surface area contributed by atoms with Crippen LogP contribution < -0.4 is 0 Å². The second-order valence-electron chi connectivity index (χ2n) is 5.21. The van der Waals surface area contributed by atoms with E-state index in [0.717, 1.165) is 12.1 Å². The van der Waals surface area contributed by atoms with Gasteiger partial charge in [-0.3, -0.25) is 9.69 Å². The first kappa shape index (κ1) is 16.8. The van der Waals surface area contributed by atoms with Crippen molar-refractivity contribution in [3.8, 4) is 0 Å². The van der Waals surface area contributed by atoms with Crippen LogP contribution in [0.5, 0.6) is 0 Å². The maximum absolute atomic E-state index is 12.7. The number of alkyl halides is 3. The zero-order chi connectivity index (χ0) is 16.2. The standard InChI is InChI=1S/C15H18F3NO3/c1-21-14(20)8-13-10-19(5-6-22-13)9-11-3-2-4-12(7-11)15(16,17)18/h2-4,7,13H,5-6,8-10H2,1H3/t13-/m0/s1. The summed E-state index contributed by atoms with van der Waals surface area (Å²) in [5.41, 5.74) is -0.0575. The Kier molecular flexibility index (Phi) is 5.42. The Morgan fingerprint density at radius 2 is 2.23 bits per heavy atom. The fraction of sp³-hybridized carbons (Fsp3) is 0.533. The Balaban J connectivity index is 1.97. The van der Waals surface area contributed by atoms with E-state index in [1.54, 1.807) is 6.07 Å². The molecule has 1 saturated heterocycles. The SMILES string of the molecule is COC(=O)C[C@H]1CN(Cc2cccc(C(F)(F)F)c2)CCO1. The maximum Gasteiger partial charge on any atom is 0.416 e. The number of ether oxygens (including phenoxy) is 2. The van der Waals surface area contributed by atoms with Gasteiger partial charge in [0.15, 0.2) is 0 Å². The Labute approximate surface area is 126 Å². The molecule has 0 unspecified atom stereocenters. The average Bonchev–Trinajstić information content (AvgIpc) is 2.47. The van der Waals surface area contributed by atoms with Crippen molar-refractivity contribution in [3.05, 3.63) is 35.4 Å². The molecule has 1 aromatic carbocycles. The van der Waals surface area contributed by atoms with Crippen LogP contribution in [0.1, 0.15) is 17.5 Å². The van der Waals surface area contributed by atoms with E-state index in [2.05, 4.69) is 4.74 Å². The number of nitrogens with zero attached hydrogens (tertiary/aromatic N) is 1. The number of carbonyl (C=O) groups excluding carboxylic acids is 1. The molecule has 0 radical (unpaired) electrons. The first-order valence-corrected chi connectivity index (χ1v) is 6.95. The molecule has 1 atom stereocenters. The Morgan fingerprint density at radius 3 is 2.91 bits per heavy atom. The minimum Gasteiger partial charge on any atom is -0.469 e. The van der Waals surface area contributed by atoms with E-state index in [1.807, 2.05) is 4.90 Å². The molecule has 1 aliphatic rings. The molecule has 1 aromatic rings. The van der Waals surface area contributed by atoms with Gasteiger partial charge in [0.1, 0.15) is 0 Å². The van der Waals surface area contributed by atoms with Gasteiger partial charge < -0.3 is 9.47 Å². The summed E-state index contributed by atoms with van der Waals surface area (Å²) >= 11 is 0. The zero-order valence-electron chi connectivity index (χ0n) is 12.2. The number of halogens is 3. The van der Waals surface area contributed by atoms with Gasteiger partial charge in [-0.2, -0.15) is 13.2 Å². The van der Waals surface area contributed by atoms with Crippen molar-refractivity contribution < 1.29 is 27.4 Å². The summed E-state index contributed by atoms with van der Waals surface area (Å²) in [5.74, 6) is -0.356. The molecule has 1 heterocycles. The third-order valence-corrected chi connectivity index (χ3v) is 3.51. The van der Waals surface area contributed by atoms with Crippen LogP contribution in [-0.2, 0) is 27.0 Å². The summed E-state index contributed by atoms with van der Waals surface area (Å²) in [7, 11) is 1.31. The van der Waals surface area contributed by atoms with Gasteiger partial charge in [0.25, 0.3) is 0 Å². The fourth-order valence-electron chi connectivity index (χ4n) is 2.42. The van der Waals surface area contributed by atoms with Crippen molar-refractivity contribution in [2.45, 2.75) is 25.2 Å². The predicted molar refractivity (Wildman–Crippen MR) is 73.1 cm³/mol. The van der Waals surface area contributed by atoms with Gasteiger partial charge >= 0.3 is 12.1 Å². The van der Waals surface area contributed by atoms with E-state index in [4.69, 9.17) is 4.74 Å². The lowest BCUT2D eigenvalue weighted by Gasteiger charge is -2.32. The number of rotatable bonds is 4. The zero-order valence-corrected chi connectivity index (χ0v) is 12.2. The highest BCUT2D eigenvalue weighted by Crippen LogP contribution is 2.29. The third kappa shape index (κ3) is 4.71. The average molecular weight is 317 g/mol. The lowest BCUT2D eigenvalue weighted by Crippen LogP contribution is -2.42. The summed E-state index contributed by atoms with van der Waals surface area (Å²) in [5, 5.41) is 0. The second-order valence-corrected chi connectivity index (χ2v) is 5.21. The van der Waals surface area contributed by atoms with Gasteiger partial charge in [-0.05, 0) is 11.6 Å². The van der Waals surface area contributed by atoms with E-state index in [0.29, 0.717) is 31.8 Å². The smallest absolute Gasteiger partial charge is 0.416 e. The minimum absolute atomic E-state index is 0.148. The van der Waals surface area contributed by atoms with Crippen LogP contribution in [0.2, 0.25) is 0 Å². The van der Waals surface area contributed by atoms with Crippen LogP contribution in [0.25, 0.3) is 0 Å². The first-order chi connectivity index (χ1) is 10.4. The lowest BCUT2D eigenvalue weighted by atomic mass is 10.1. The molecule has 0 bridgehead atoms. The summed E-state index contributed by atoms with van der Waals surface area (Å²) < 4.78 is 48.2. The lowest BCUT2D eigenvalue weighted by molar-refractivity contribution is -0.146. The van der Waals surface area contributed by atoms with Crippen LogP contribution in [0.3, 0.4) is 0 Å². The van der Waals surface area contributed by atoms with Crippen molar-refractivity contribution in [1.29, 1.82) is 0 Å². The highest BCUT2D eigenvalue weighted by Gasteiger charge is 2.30. The molecular formula is C15H18F3NO3. The van der Waals surface area contributed by atoms with Crippen molar-refractivity contribution in [2.75, 3.05) is 26.8 Å². The highest BCUT2D eigenvalue weighted by molar-refractivity contribution is 5.69. The summed E-state index contributed by atoms with van der Waals surface area (Å²) in [6.07, 6.45) is -4.48. The minimum atomic E-state index is -4.34. The molecule has 1 aliphatic heterocycles. The fourth-order valence-corrected chi connectivity index (χ4v) is 2.42. The van der Waals surface area contributed by atoms with Gasteiger partial charge in [-0.25, -0.2) is 0 Å². The van der Waals surface area contributed by atoms with Crippen LogP contribution >= 0.6 is 0 Å². The summed E-state index contributed by atoms with van der Waals surface area (Å²) in [6, 6.07) is 5.29. The molecule has 22 heavy (non-hydrogen) atoms. The Bertz CT molecular complexity index is 519. The third-order valence-electron chi connectivity index (χ3n) is 3.51. The normalized spacial score (nSPS) is 19.9. The number of hydrogen-bond acceptors (Lipinski definition) is 4.